The number of hydrogen-bond donors (Lipinski definition) is 1. The molecule has 5 nitrogen and oxygen atoms in total. The first-order chi connectivity index (χ1) is 14.9. The molecule has 0 aliphatic carbocycles. The maximum atomic E-state index is 12.8. The first kappa shape index (κ1) is 21.4. The first-order valence-corrected chi connectivity index (χ1v) is 10.9. The summed E-state index contributed by atoms with van der Waals surface area (Å²) in [5.74, 6) is 1.04. The second kappa shape index (κ2) is 8.73. The number of ether oxygens (including phenoxy) is 1. The number of methoxy groups -OCH3 is 1. The molecule has 4 aromatic rings. The first-order valence-electron chi connectivity index (χ1n) is 9.71. The largest absolute Gasteiger partial charge is 0.495 e. The summed E-state index contributed by atoms with van der Waals surface area (Å²) in [6.07, 6.45) is 0. The van der Waals surface area contributed by atoms with Crippen molar-refractivity contribution in [3.05, 3.63) is 75.2 Å². The van der Waals surface area contributed by atoms with Gasteiger partial charge in [-0.3, -0.25) is 4.79 Å². The van der Waals surface area contributed by atoms with Crippen LogP contribution in [0.25, 0.3) is 22.6 Å². The number of aromatic nitrogens is 1. The summed E-state index contributed by atoms with van der Waals surface area (Å²) in [7, 11) is 1.55. The molecule has 1 N–H and O–H groups in total. The molecule has 1 aromatic heterocycles. The third-order valence-corrected chi connectivity index (χ3v) is 5.77. The molecule has 0 atom stereocenters. The quantitative estimate of drug-likeness (QED) is 0.313. The summed E-state index contributed by atoms with van der Waals surface area (Å²) >= 11 is 9.57. The van der Waals surface area contributed by atoms with Gasteiger partial charge in [0.2, 0.25) is 5.89 Å². The number of benzene rings is 3. The molecule has 31 heavy (non-hydrogen) atoms. The predicted molar refractivity (Wildman–Crippen MR) is 127 cm³/mol. The fraction of sp³-hybridized carbons (Fsp3) is 0.167. The smallest absolute Gasteiger partial charge is 0.257 e. The Morgan fingerprint density at radius 2 is 1.94 bits per heavy atom. The number of carbonyl (C=O) groups is 1. The Bertz CT molecular complexity index is 1280. The number of rotatable bonds is 5. The summed E-state index contributed by atoms with van der Waals surface area (Å²) in [6, 6.07) is 16.5. The Labute approximate surface area is 193 Å². The van der Waals surface area contributed by atoms with Crippen molar-refractivity contribution in [1.82, 2.24) is 4.98 Å². The van der Waals surface area contributed by atoms with Crippen molar-refractivity contribution < 1.29 is 13.9 Å². The van der Waals surface area contributed by atoms with Gasteiger partial charge in [-0.25, -0.2) is 4.98 Å². The van der Waals surface area contributed by atoms with Crippen LogP contribution in [-0.4, -0.2) is 18.0 Å². The number of nitrogens with one attached hydrogen (secondary N) is 1. The molecule has 0 saturated carbocycles. The maximum Gasteiger partial charge on any atom is 0.257 e. The van der Waals surface area contributed by atoms with Gasteiger partial charge in [0.1, 0.15) is 11.3 Å². The summed E-state index contributed by atoms with van der Waals surface area (Å²) in [6.45, 7) is 4.27. The number of fused-ring (bicyclic) bond motifs is 1. The van der Waals surface area contributed by atoms with E-state index in [1.165, 1.54) is 5.56 Å². The van der Waals surface area contributed by atoms with Crippen LogP contribution in [0.2, 0.25) is 5.02 Å². The van der Waals surface area contributed by atoms with Crippen LogP contribution >= 0.6 is 27.5 Å². The van der Waals surface area contributed by atoms with Gasteiger partial charge < -0.3 is 14.5 Å². The molecule has 0 bridgehead atoms. The highest BCUT2D eigenvalue weighted by molar-refractivity contribution is 9.10. The minimum absolute atomic E-state index is 0.346. The van der Waals surface area contributed by atoms with E-state index in [1.54, 1.807) is 37.4 Å². The standard InChI is InChI=1S/C24H20BrClN2O3/c1-13(2)14-4-9-22-20(10-14)28-24(31-22)15-5-8-21(30-3)19(11-15)27-23(29)17-12-16(25)6-7-18(17)26/h4-13H,1-3H3,(H,27,29). The molecular weight excluding hydrogens is 480 g/mol. The van der Waals surface area contributed by atoms with Gasteiger partial charge in [-0.1, -0.05) is 47.4 Å². The molecule has 158 valence electrons. The van der Waals surface area contributed by atoms with Gasteiger partial charge in [0, 0.05) is 10.0 Å². The highest BCUT2D eigenvalue weighted by Crippen LogP contribution is 2.33. The van der Waals surface area contributed by atoms with Gasteiger partial charge in [-0.15, -0.1) is 0 Å². The summed E-state index contributed by atoms with van der Waals surface area (Å²) in [5.41, 5.74) is 4.27. The molecule has 0 radical (unpaired) electrons. The van der Waals surface area contributed by atoms with E-state index in [-0.39, 0.29) is 5.91 Å². The van der Waals surface area contributed by atoms with E-state index >= 15 is 0 Å². The van der Waals surface area contributed by atoms with Crippen LogP contribution in [0.3, 0.4) is 0 Å². The third-order valence-electron chi connectivity index (χ3n) is 4.95. The number of amides is 1. The number of nitrogens with zero attached hydrogens (tertiary/aromatic N) is 1. The second-order valence-electron chi connectivity index (χ2n) is 7.39. The minimum Gasteiger partial charge on any atom is -0.495 e. The molecule has 1 heterocycles. The molecule has 3 aromatic carbocycles. The molecule has 0 saturated heterocycles. The molecule has 0 aliphatic heterocycles. The topological polar surface area (TPSA) is 64.4 Å². The molecule has 0 spiro atoms. The van der Waals surface area contributed by atoms with Crippen LogP contribution in [0.15, 0.2) is 63.5 Å². The fourth-order valence-corrected chi connectivity index (χ4v) is 3.79. The van der Waals surface area contributed by atoms with E-state index in [1.807, 2.05) is 24.3 Å². The normalized spacial score (nSPS) is 11.2. The zero-order chi connectivity index (χ0) is 22.1. The molecule has 7 heteroatoms. The monoisotopic (exact) mass is 498 g/mol. The van der Waals surface area contributed by atoms with Crippen LogP contribution in [0.5, 0.6) is 5.75 Å². The molecule has 0 aliphatic rings. The Morgan fingerprint density at radius 1 is 1.13 bits per heavy atom. The lowest BCUT2D eigenvalue weighted by Gasteiger charge is -2.12. The van der Waals surface area contributed by atoms with Crippen molar-refractivity contribution in [3.8, 4) is 17.2 Å². The summed E-state index contributed by atoms with van der Waals surface area (Å²) in [5, 5.41) is 3.23. The van der Waals surface area contributed by atoms with Crippen LogP contribution in [0.4, 0.5) is 5.69 Å². The van der Waals surface area contributed by atoms with E-state index in [2.05, 4.69) is 40.1 Å². The molecule has 0 unspecified atom stereocenters. The number of carbonyl (C=O) groups excluding carboxylic acids is 1. The Hall–Kier alpha value is -2.83. The van der Waals surface area contributed by atoms with Crippen molar-refractivity contribution in [2.24, 2.45) is 0 Å². The Morgan fingerprint density at radius 3 is 2.68 bits per heavy atom. The summed E-state index contributed by atoms with van der Waals surface area (Å²) < 4.78 is 12.1. The van der Waals surface area contributed by atoms with E-state index < -0.39 is 0 Å². The second-order valence-corrected chi connectivity index (χ2v) is 8.72. The number of halogens is 2. The van der Waals surface area contributed by atoms with E-state index in [9.17, 15) is 4.79 Å². The van der Waals surface area contributed by atoms with Crippen LogP contribution in [-0.2, 0) is 0 Å². The highest BCUT2D eigenvalue weighted by Gasteiger charge is 2.16. The molecule has 1 amide bonds. The van der Waals surface area contributed by atoms with Crippen LogP contribution in [0.1, 0.15) is 35.7 Å². The maximum absolute atomic E-state index is 12.8. The van der Waals surface area contributed by atoms with Crippen molar-refractivity contribution in [1.29, 1.82) is 0 Å². The number of oxazole rings is 1. The van der Waals surface area contributed by atoms with E-state index in [0.717, 1.165) is 15.6 Å². The molecule has 0 fully saturated rings. The number of hydrogen-bond acceptors (Lipinski definition) is 4. The van der Waals surface area contributed by atoms with Crippen molar-refractivity contribution in [2.45, 2.75) is 19.8 Å². The number of anilines is 1. The molecule has 4 rings (SSSR count). The van der Waals surface area contributed by atoms with Crippen molar-refractivity contribution in [3.63, 3.8) is 0 Å². The van der Waals surface area contributed by atoms with Crippen LogP contribution in [0, 0.1) is 0 Å². The van der Waals surface area contributed by atoms with Gasteiger partial charge in [-0.2, -0.15) is 0 Å². The lowest BCUT2D eigenvalue weighted by molar-refractivity contribution is 0.102. The minimum atomic E-state index is -0.346. The summed E-state index contributed by atoms with van der Waals surface area (Å²) in [4.78, 5) is 17.5. The van der Waals surface area contributed by atoms with Crippen molar-refractivity contribution in [2.75, 3.05) is 12.4 Å². The zero-order valence-corrected chi connectivity index (χ0v) is 19.5. The zero-order valence-electron chi connectivity index (χ0n) is 17.2. The van der Waals surface area contributed by atoms with E-state index in [0.29, 0.717) is 39.4 Å². The predicted octanol–water partition coefficient (Wildman–Crippen LogP) is 7.30. The Kier molecular flexibility index (Phi) is 6.03. The third kappa shape index (κ3) is 4.45. The average Bonchev–Trinajstić information content (AvgIpc) is 3.18. The molecular formula is C24H20BrClN2O3. The Balaban J connectivity index is 1.70. The highest BCUT2D eigenvalue weighted by atomic mass is 79.9. The van der Waals surface area contributed by atoms with Crippen molar-refractivity contribution >= 4 is 50.2 Å². The van der Waals surface area contributed by atoms with Gasteiger partial charge in [-0.05, 0) is 60.0 Å². The van der Waals surface area contributed by atoms with Gasteiger partial charge in [0.25, 0.3) is 5.91 Å². The van der Waals surface area contributed by atoms with Crippen LogP contribution < -0.4 is 10.1 Å². The lowest BCUT2D eigenvalue weighted by atomic mass is 10.0. The fourth-order valence-electron chi connectivity index (χ4n) is 3.23. The van der Waals surface area contributed by atoms with Gasteiger partial charge in [0.15, 0.2) is 5.58 Å². The van der Waals surface area contributed by atoms with Gasteiger partial charge >= 0.3 is 0 Å². The van der Waals surface area contributed by atoms with Gasteiger partial charge in [0.05, 0.1) is 23.4 Å². The van der Waals surface area contributed by atoms with E-state index in [4.69, 9.17) is 20.8 Å². The lowest BCUT2D eigenvalue weighted by Crippen LogP contribution is -2.13. The SMILES string of the molecule is COc1ccc(-c2nc3cc(C(C)C)ccc3o2)cc1NC(=O)c1cc(Br)ccc1Cl. The average molecular weight is 500 g/mol.